The molecule has 1 radical (unpaired) electrons. The Balaban J connectivity index is 0.000000980. The molecule has 14 heavy (non-hydrogen) atoms. The Labute approximate surface area is 114 Å². The topological polar surface area (TPSA) is 3.24 Å². The standard InChI is InChI=1S/C11H9ClN.Y/c1-8-7-10(12)9-5-3-4-6-11(9)13(8)2;/h3-6H,1H2,2H3;/q-1;. The summed E-state index contributed by atoms with van der Waals surface area (Å²) in [6.07, 6.45) is 3.00. The molecule has 0 saturated carbocycles. The molecule has 1 aromatic carbocycles. The van der Waals surface area contributed by atoms with E-state index >= 15 is 0 Å². The van der Waals surface area contributed by atoms with Gasteiger partial charge in [0, 0.05) is 39.8 Å². The van der Waals surface area contributed by atoms with E-state index in [-0.39, 0.29) is 32.7 Å². The maximum absolute atomic E-state index is 6.03. The molecule has 0 bridgehead atoms. The molecule has 0 spiro atoms. The summed E-state index contributed by atoms with van der Waals surface area (Å²) in [4.78, 5) is 1.97. The summed E-state index contributed by atoms with van der Waals surface area (Å²) in [6.45, 7) is 3.85. The van der Waals surface area contributed by atoms with Crippen LogP contribution in [-0.2, 0) is 32.7 Å². The van der Waals surface area contributed by atoms with Gasteiger partial charge in [-0.05, 0) is 5.69 Å². The molecule has 1 heterocycles. The van der Waals surface area contributed by atoms with Crippen LogP contribution in [0.25, 0.3) is 5.03 Å². The minimum atomic E-state index is 0. The van der Waals surface area contributed by atoms with Crippen LogP contribution in [0.2, 0.25) is 0 Å². The molecule has 1 aliphatic heterocycles. The zero-order valence-corrected chi connectivity index (χ0v) is 11.5. The molecule has 69 valence electrons. The summed E-state index contributed by atoms with van der Waals surface area (Å²) in [5.74, 6) is 0. The van der Waals surface area contributed by atoms with Crippen molar-refractivity contribution >= 4 is 22.3 Å². The van der Waals surface area contributed by atoms with Crippen LogP contribution < -0.4 is 4.90 Å². The van der Waals surface area contributed by atoms with Crippen LogP contribution >= 0.6 is 11.6 Å². The molecular formula is C11H9ClNY-. The molecule has 0 amide bonds. The predicted molar refractivity (Wildman–Crippen MR) is 56.5 cm³/mol. The van der Waals surface area contributed by atoms with E-state index < -0.39 is 0 Å². The van der Waals surface area contributed by atoms with E-state index in [2.05, 4.69) is 12.7 Å². The van der Waals surface area contributed by atoms with Gasteiger partial charge in [-0.25, -0.2) is 0 Å². The zero-order valence-electron chi connectivity index (χ0n) is 7.92. The van der Waals surface area contributed by atoms with Crippen LogP contribution in [0.5, 0.6) is 0 Å². The number of nitrogens with zero attached hydrogens (tertiary/aromatic N) is 1. The van der Waals surface area contributed by atoms with Gasteiger partial charge in [0.05, 0.1) is 0 Å². The van der Waals surface area contributed by atoms with Crippen molar-refractivity contribution < 1.29 is 32.7 Å². The molecule has 0 aromatic heterocycles. The first-order valence-electron chi connectivity index (χ1n) is 4.01. The van der Waals surface area contributed by atoms with E-state index in [1.807, 2.05) is 36.2 Å². The summed E-state index contributed by atoms with van der Waals surface area (Å²) >= 11 is 6.03. The first-order chi connectivity index (χ1) is 6.20. The number of para-hydroxylation sites is 1. The average Bonchev–Trinajstić information content (AvgIpc) is 2.15. The Morgan fingerprint density at radius 3 is 2.71 bits per heavy atom. The summed E-state index contributed by atoms with van der Waals surface area (Å²) in [5.41, 5.74) is 2.89. The van der Waals surface area contributed by atoms with Crippen LogP contribution in [-0.4, -0.2) is 7.05 Å². The van der Waals surface area contributed by atoms with E-state index in [9.17, 15) is 0 Å². The minimum Gasteiger partial charge on any atom is -0.378 e. The van der Waals surface area contributed by atoms with Crippen molar-refractivity contribution in [2.75, 3.05) is 11.9 Å². The monoisotopic (exact) mass is 279 g/mol. The first kappa shape index (κ1) is 12.0. The molecule has 0 atom stereocenters. The molecule has 0 fully saturated rings. The average molecular weight is 280 g/mol. The van der Waals surface area contributed by atoms with Gasteiger partial charge in [-0.15, -0.1) is 23.7 Å². The van der Waals surface area contributed by atoms with Crippen molar-refractivity contribution in [2.24, 2.45) is 0 Å². The number of anilines is 1. The number of benzene rings is 1. The van der Waals surface area contributed by atoms with Crippen LogP contribution in [0.1, 0.15) is 5.56 Å². The Kier molecular flexibility index (Phi) is 3.94. The third kappa shape index (κ3) is 1.95. The Hall–Kier alpha value is -0.106. The quantitative estimate of drug-likeness (QED) is 0.660. The fourth-order valence-electron chi connectivity index (χ4n) is 1.37. The molecule has 1 aromatic rings. The van der Waals surface area contributed by atoms with Crippen molar-refractivity contribution in [1.29, 1.82) is 0 Å². The molecule has 1 aliphatic rings. The maximum atomic E-state index is 6.03. The largest absolute Gasteiger partial charge is 0.378 e. The van der Waals surface area contributed by atoms with Gasteiger partial charge in [-0.2, -0.15) is 6.58 Å². The summed E-state index contributed by atoms with van der Waals surface area (Å²) in [7, 11) is 1.96. The van der Waals surface area contributed by atoms with Crippen LogP contribution in [0, 0.1) is 6.08 Å². The summed E-state index contributed by atoms with van der Waals surface area (Å²) < 4.78 is 0. The molecule has 0 unspecified atom stereocenters. The van der Waals surface area contributed by atoms with E-state index in [1.165, 1.54) is 0 Å². The van der Waals surface area contributed by atoms with Gasteiger partial charge in [0.25, 0.3) is 0 Å². The minimum absolute atomic E-state index is 0. The first-order valence-corrected chi connectivity index (χ1v) is 4.39. The number of allylic oxidation sites excluding steroid dienone is 1. The van der Waals surface area contributed by atoms with Crippen LogP contribution in [0.15, 0.2) is 36.5 Å². The summed E-state index contributed by atoms with van der Waals surface area (Å²) in [5, 5.41) is 0.638. The van der Waals surface area contributed by atoms with Crippen molar-refractivity contribution in [2.45, 2.75) is 0 Å². The third-order valence-electron chi connectivity index (χ3n) is 2.16. The van der Waals surface area contributed by atoms with Gasteiger partial charge in [-0.3, -0.25) is 0 Å². The van der Waals surface area contributed by atoms with Crippen molar-refractivity contribution in [3.05, 3.63) is 48.2 Å². The smallest absolute Gasteiger partial charge is 0.00845 e. The van der Waals surface area contributed by atoms with E-state index in [0.29, 0.717) is 5.03 Å². The molecular weight excluding hydrogens is 270 g/mol. The van der Waals surface area contributed by atoms with Crippen molar-refractivity contribution in [3.8, 4) is 0 Å². The fraction of sp³-hybridized carbons (Fsp3) is 0.0909. The van der Waals surface area contributed by atoms with Crippen LogP contribution in [0.4, 0.5) is 5.69 Å². The number of halogens is 1. The number of rotatable bonds is 0. The van der Waals surface area contributed by atoms with Gasteiger partial charge < -0.3 is 4.90 Å². The van der Waals surface area contributed by atoms with E-state index in [1.54, 1.807) is 0 Å². The SMILES string of the molecule is C=C1[C-]=C(Cl)c2ccccc2N1C.[Y]. The molecule has 0 aliphatic carbocycles. The van der Waals surface area contributed by atoms with Gasteiger partial charge in [-0.1, -0.05) is 34.5 Å². The number of hydrogen-bond donors (Lipinski definition) is 0. The van der Waals surface area contributed by atoms with Gasteiger partial charge in [0.15, 0.2) is 0 Å². The second-order valence-corrected chi connectivity index (χ2v) is 3.34. The van der Waals surface area contributed by atoms with Crippen LogP contribution in [0.3, 0.4) is 0 Å². The van der Waals surface area contributed by atoms with Crippen molar-refractivity contribution in [3.63, 3.8) is 0 Å². The fourth-order valence-corrected chi connectivity index (χ4v) is 1.64. The Morgan fingerprint density at radius 2 is 2.00 bits per heavy atom. The Bertz CT molecular complexity index is 398. The van der Waals surface area contributed by atoms with E-state index in [0.717, 1.165) is 16.9 Å². The van der Waals surface area contributed by atoms with Crippen molar-refractivity contribution in [1.82, 2.24) is 0 Å². The molecule has 3 heteroatoms. The number of fused-ring (bicyclic) bond motifs is 1. The second-order valence-electron chi connectivity index (χ2n) is 2.96. The second kappa shape index (κ2) is 4.61. The van der Waals surface area contributed by atoms with E-state index in [4.69, 9.17) is 11.6 Å². The maximum Gasteiger partial charge on any atom is 0.00845 e. The predicted octanol–water partition coefficient (Wildman–Crippen LogP) is 3.03. The van der Waals surface area contributed by atoms with Gasteiger partial charge >= 0.3 is 0 Å². The molecule has 1 nitrogen and oxygen atoms in total. The summed E-state index contributed by atoms with van der Waals surface area (Å²) in [6, 6.07) is 7.94. The van der Waals surface area contributed by atoms with Gasteiger partial charge in [0.2, 0.25) is 0 Å². The third-order valence-corrected chi connectivity index (χ3v) is 2.46. The molecule has 0 saturated heterocycles. The Morgan fingerprint density at radius 1 is 1.36 bits per heavy atom. The molecule has 0 N–H and O–H groups in total. The zero-order chi connectivity index (χ0) is 9.42. The number of hydrogen-bond acceptors (Lipinski definition) is 1. The van der Waals surface area contributed by atoms with Gasteiger partial charge in [0.1, 0.15) is 0 Å². The normalized spacial score (nSPS) is 14.3. The molecule has 2 rings (SSSR count). The number of likely N-dealkylation sites (N-methyl/N-ethyl adjacent to an activating group) is 1.